The van der Waals surface area contributed by atoms with Crippen LogP contribution in [0.3, 0.4) is 0 Å². The zero-order valence-electron chi connectivity index (χ0n) is 19.5. The van der Waals surface area contributed by atoms with Crippen molar-refractivity contribution in [3.63, 3.8) is 0 Å². The molecule has 3 aromatic heterocycles. The van der Waals surface area contributed by atoms with Gasteiger partial charge in [0.2, 0.25) is 0 Å². The maximum atomic E-state index is 13.0. The van der Waals surface area contributed by atoms with Crippen molar-refractivity contribution in [2.45, 2.75) is 57.9 Å². The summed E-state index contributed by atoms with van der Waals surface area (Å²) in [7, 11) is 0. The maximum Gasteiger partial charge on any atom is 0.251 e. The first-order chi connectivity index (χ1) is 16.5. The Kier molecular flexibility index (Phi) is 4.06. The van der Waals surface area contributed by atoms with Crippen molar-refractivity contribution in [3.8, 4) is 0 Å². The highest BCUT2D eigenvalue weighted by atomic mass is 16.3. The normalized spacial score (nSPS) is 16.2. The number of benzene rings is 3. The minimum atomic E-state index is -0.102. The molecular weight excluding hydrogens is 422 g/mol. The summed E-state index contributed by atoms with van der Waals surface area (Å²) in [6.45, 7) is 4.33. The highest BCUT2D eigenvalue weighted by molar-refractivity contribution is 6.26. The van der Waals surface area contributed by atoms with Crippen molar-refractivity contribution in [2.24, 2.45) is 0 Å². The number of amides is 1. The van der Waals surface area contributed by atoms with Crippen molar-refractivity contribution in [3.05, 3.63) is 69.9 Å². The molecule has 3 heterocycles. The highest BCUT2D eigenvalue weighted by Crippen LogP contribution is 2.52. The molecule has 2 aliphatic carbocycles. The van der Waals surface area contributed by atoms with Gasteiger partial charge in [-0.1, -0.05) is 0 Å². The van der Waals surface area contributed by atoms with Gasteiger partial charge in [-0.05, 0) is 110 Å². The molecule has 0 radical (unpaired) electrons. The van der Waals surface area contributed by atoms with Crippen LogP contribution in [0.15, 0.2) is 40.8 Å². The third-order valence-corrected chi connectivity index (χ3v) is 7.72. The monoisotopic (exact) mass is 449 g/mol. The van der Waals surface area contributed by atoms with Crippen LogP contribution in [-0.4, -0.2) is 10.9 Å². The molecule has 34 heavy (non-hydrogen) atoms. The Hall–Kier alpha value is -3.60. The summed E-state index contributed by atoms with van der Waals surface area (Å²) in [6.07, 6.45) is 5.22. The van der Waals surface area contributed by atoms with Gasteiger partial charge in [-0.2, -0.15) is 0 Å². The van der Waals surface area contributed by atoms with Gasteiger partial charge in [0.1, 0.15) is 17.0 Å². The molecule has 5 heteroatoms. The molecule has 5 nitrogen and oxygen atoms in total. The number of carbonyl (C=O) groups excluding carboxylic acids is 1. The lowest BCUT2D eigenvalue weighted by Crippen LogP contribution is -2.24. The smallest absolute Gasteiger partial charge is 0.251 e. The van der Waals surface area contributed by atoms with E-state index in [-0.39, 0.29) is 5.91 Å². The Balaban J connectivity index is 1.25. The summed E-state index contributed by atoms with van der Waals surface area (Å²) >= 11 is 0. The van der Waals surface area contributed by atoms with E-state index in [1.807, 2.05) is 38.1 Å². The molecule has 3 N–H and O–H groups in total. The van der Waals surface area contributed by atoms with Crippen LogP contribution < -0.4 is 11.1 Å². The lowest BCUT2D eigenvalue weighted by atomic mass is 9.93. The Morgan fingerprint density at radius 1 is 0.941 bits per heavy atom. The van der Waals surface area contributed by atoms with E-state index in [4.69, 9.17) is 10.2 Å². The maximum absolute atomic E-state index is 13.0. The molecular formula is C29H27N3O2. The molecule has 0 spiro atoms. The van der Waals surface area contributed by atoms with Crippen LogP contribution in [-0.2, 0) is 6.54 Å². The van der Waals surface area contributed by atoms with Gasteiger partial charge in [0.15, 0.2) is 0 Å². The van der Waals surface area contributed by atoms with Crippen molar-refractivity contribution in [1.29, 1.82) is 0 Å². The molecule has 2 bridgehead atoms. The highest BCUT2D eigenvalue weighted by Gasteiger charge is 2.34. The first kappa shape index (κ1) is 19.8. The summed E-state index contributed by atoms with van der Waals surface area (Å²) in [4.78, 5) is 17.4. The summed E-state index contributed by atoms with van der Waals surface area (Å²) in [5.74, 6) is 1.86. The number of aromatic nitrogens is 1. The zero-order chi connectivity index (χ0) is 23.1. The van der Waals surface area contributed by atoms with Crippen LogP contribution in [0.1, 0.15) is 75.8 Å². The Morgan fingerprint density at radius 2 is 1.56 bits per heavy atom. The van der Waals surface area contributed by atoms with E-state index in [0.29, 0.717) is 17.9 Å². The second kappa shape index (κ2) is 6.95. The van der Waals surface area contributed by atoms with E-state index in [1.165, 1.54) is 42.0 Å². The predicted molar refractivity (Wildman–Crippen MR) is 136 cm³/mol. The number of pyridine rings is 1. The number of nitrogens with one attached hydrogen (secondary N) is 1. The van der Waals surface area contributed by atoms with Gasteiger partial charge in [0.05, 0.1) is 0 Å². The van der Waals surface area contributed by atoms with Crippen molar-refractivity contribution in [1.82, 2.24) is 10.3 Å². The van der Waals surface area contributed by atoms with Crippen molar-refractivity contribution in [2.75, 3.05) is 5.73 Å². The molecule has 2 fully saturated rings. The largest absolute Gasteiger partial charge is 0.455 e. The topological polar surface area (TPSA) is 81.1 Å². The molecule has 1 amide bonds. The number of furan rings is 2. The van der Waals surface area contributed by atoms with Crippen LogP contribution in [0.4, 0.5) is 5.82 Å². The van der Waals surface area contributed by atoms with E-state index in [9.17, 15) is 4.79 Å². The van der Waals surface area contributed by atoms with Crippen LogP contribution >= 0.6 is 0 Å². The van der Waals surface area contributed by atoms with E-state index in [2.05, 4.69) is 22.4 Å². The zero-order valence-corrected chi connectivity index (χ0v) is 19.5. The number of nitrogen functional groups attached to an aromatic ring is 1. The third kappa shape index (κ3) is 2.99. The molecule has 2 saturated carbocycles. The van der Waals surface area contributed by atoms with E-state index >= 15 is 0 Å². The molecule has 5 aromatic rings. The number of rotatable bonds is 5. The molecule has 0 saturated heterocycles. The van der Waals surface area contributed by atoms with Crippen molar-refractivity contribution < 1.29 is 9.21 Å². The fourth-order valence-electron chi connectivity index (χ4n) is 5.61. The van der Waals surface area contributed by atoms with Crippen LogP contribution in [0, 0.1) is 13.8 Å². The fraction of sp³-hybridized carbons (Fsp3) is 0.310. The molecule has 2 aromatic carbocycles. The Morgan fingerprint density at radius 3 is 2.18 bits per heavy atom. The standard InChI is InChI=1S/C29H27N3O2/c1-14-9-26(30)32-15(2)25(14)13-31-29(33)18-7-8-19-22(10-18)28-24-12-21(17-5-6-17)20(16-3-4-16)11-23(24)27(19)34-28/h7-12,16-17H,3-6,13H2,1-2H3,(H2,30,32)(H,31,33). The summed E-state index contributed by atoms with van der Waals surface area (Å²) in [5.41, 5.74) is 14.3. The SMILES string of the molecule is Cc1cc(N)nc(C)c1CNC(=O)c1ccc2c(c1)c1oc2c2cc(C3CC3)c(C3CC3)cc21. The number of nitrogens with two attached hydrogens (primary N) is 1. The minimum absolute atomic E-state index is 0.102. The third-order valence-electron chi connectivity index (χ3n) is 7.72. The minimum Gasteiger partial charge on any atom is -0.455 e. The Bertz CT molecular complexity index is 1600. The van der Waals surface area contributed by atoms with E-state index < -0.39 is 0 Å². The van der Waals surface area contributed by atoms with Gasteiger partial charge in [-0.3, -0.25) is 4.79 Å². The molecule has 2 aliphatic rings. The second-order valence-electron chi connectivity index (χ2n) is 10.2. The number of hydrogen-bond acceptors (Lipinski definition) is 4. The van der Waals surface area contributed by atoms with E-state index in [1.54, 1.807) is 5.56 Å². The van der Waals surface area contributed by atoms with Crippen LogP contribution in [0.2, 0.25) is 0 Å². The van der Waals surface area contributed by atoms with Gasteiger partial charge in [0.25, 0.3) is 5.91 Å². The first-order valence-corrected chi connectivity index (χ1v) is 12.2. The number of hydrogen-bond donors (Lipinski definition) is 2. The van der Waals surface area contributed by atoms with Gasteiger partial charge < -0.3 is 15.5 Å². The summed E-state index contributed by atoms with van der Waals surface area (Å²) in [6, 6.07) is 12.5. The second-order valence-corrected chi connectivity index (χ2v) is 10.2. The summed E-state index contributed by atoms with van der Waals surface area (Å²) in [5, 5.41) is 7.60. The molecule has 7 rings (SSSR count). The number of anilines is 1. The first-order valence-electron chi connectivity index (χ1n) is 12.2. The van der Waals surface area contributed by atoms with E-state index in [0.717, 1.165) is 50.6 Å². The molecule has 0 atom stereocenters. The van der Waals surface area contributed by atoms with Crippen LogP contribution in [0.25, 0.3) is 32.7 Å². The summed E-state index contributed by atoms with van der Waals surface area (Å²) < 4.78 is 6.31. The number of nitrogens with zero attached hydrogens (tertiary/aromatic N) is 1. The molecule has 0 unspecified atom stereocenters. The lowest BCUT2D eigenvalue weighted by molar-refractivity contribution is 0.0951. The average molecular weight is 450 g/mol. The van der Waals surface area contributed by atoms with Gasteiger partial charge in [-0.15, -0.1) is 0 Å². The van der Waals surface area contributed by atoms with Gasteiger partial charge in [-0.25, -0.2) is 4.98 Å². The van der Waals surface area contributed by atoms with Crippen LogP contribution in [0.5, 0.6) is 0 Å². The van der Waals surface area contributed by atoms with Gasteiger partial charge in [0, 0.05) is 39.3 Å². The fourth-order valence-corrected chi connectivity index (χ4v) is 5.61. The Labute approximate surface area is 197 Å². The van der Waals surface area contributed by atoms with Gasteiger partial charge >= 0.3 is 0 Å². The average Bonchev–Trinajstić information content (AvgIpc) is 3.75. The molecule has 170 valence electrons. The van der Waals surface area contributed by atoms with Crippen molar-refractivity contribution >= 4 is 44.4 Å². The number of aryl methyl sites for hydroxylation is 2. The predicted octanol–water partition coefficient (Wildman–Crippen LogP) is 6.46. The number of carbonyl (C=O) groups is 1. The lowest BCUT2D eigenvalue weighted by Gasteiger charge is -2.12. The molecule has 0 aliphatic heterocycles. The number of fused-ring (bicyclic) bond motifs is 8. The quantitative estimate of drug-likeness (QED) is 0.302.